The minimum Gasteiger partial charge on any atom is -0.398 e. The number of anilines is 1. The molecule has 4 N–H and O–H groups in total. The topological polar surface area (TPSA) is 84.2 Å². The van der Waals surface area contributed by atoms with Gasteiger partial charge in [-0.15, -0.1) is 0 Å². The highest BCUT2D eigenvalue weighted by Crippen LogP contribution is 2.18. The summed E-state index contributed by atoms with van der Waals surface area (Å²) in [6.45, 7) is 0.471. The van der Waals surface area contributed by atoms with Gasteiger partial charge in [-0.3, -0.25) is 9.59 Å². The SMILES string of the molecule is Nc1ccc(Br)cc1C(=O)NC1CCC(=O)NC1. The second-order valence-electron chi connectivity index (χ2n) is 4.24. The maximum absolute atomic E-state index is 12.0. The Morgan fingerprint density at radius 3 is 2.94 bits per heavy atom. The number of nitrogens with two attached hydrogens (primary N) is 1. The van der Waals surface area contributed by atoms with Crippen molar-refractivity contribution in [1.29, 1.82) is 0 Å². The zero-order valence-corrected chi connectivity index (χ0v) is 11.3. The number of amides is 2. The van der Waals surface area contributed by atoms with E-state index in [1.54, 1.807) is 18.2 Å². The van der Waals surface area contributed by atoms with Crippen molar-refractivity contribution in [2.45, 2.75) is 18.9 Å². The van der Waals surface area contributed by atoms with Crippen molar-refractivity contribution in [3.8, 4) is 0 Å². The van der Waals surface area contributed by atoms with Gasteiger partial charge < -0.3 is 16.4 Å². The summed E-state index contributed by atoms with van der Waals surface area (Å²) in [4.78, 5) is 23.1. The van der Waals surface area contributed by atoms with Crippen molar-refractivity contribution >= 4 is 33.4 Å². The van der Waals surface area contributed by atoms with E-state index in [9.17, 15) is 9.59 Å². The highest BCUT2D eigenvalue weighted by molar-refractivity contribution is 9.10. The first kappa shape index (κ1) is 12.9. The Balaban J connectivity index is 2.03. The summed E-state index contributed by atoms with van der Waals surface area (Å²) in [5.41, 5.74) is 6.65. The van der Waals surface area contributed by atoms with Gasteiger partial charge in [-0.05, 0) is 24.6 Å². The minimum atomic E-state index is -0.213. The molecule has 2 rings (SSSR count). The van der Waals surface area contributed by atoms with Crippen LogP contribution in [0.5, 0.6) is 0 Å². The van der Waals surface area contributed by atoms with Gasteiger partial charge in [0.05, 0.1) is 5.56 Å². The van der Waals surface area contributed by atoms with Crippen LogP contribution in [0.2, 0.25) is 0 Å². The molecule has 2 amide bonds. The van der Waals surface area contributed by atoms with E-state index in [1.165, 1.54) is 0 Å². The van der Waals surface area contributed by atoms with Crippen LogP contribution in [0.1, 0.15) is 23.2 Å². The number of hydrogen-bond donors (Lipinski definition) is 3. The van der Waals surface area contributed by atoms with Crippen molar-refractivity contribution in [3.05, 3.63) is 28.2 Å². The Morgan fingerprint density at radius 1 is 1.50 bits per heavy atom. The standard InChI is InChI=1S/C12H14BrN3O2/c13-7-1-3-10(14)9(5-7)12(18)16-8-2-4-11(17)15-6-8/h1,3,5,8H,2,4,6,14H2,(H,15,17)(H,16,18). The van der Waals surface area contributed by atoms with Crippen LogP contribution in [-0.4, -0.2) is 24.4 Å². The molecule has 1 aliphatic heterocycles. The van der Waals surface area contributed by atoms with Crippen molar-refractivity contribution < 1.29 is 9.59 Å². The van der Waals surface area contributed by atoms with Crippen LogP contribution >= 0.6 is 15.9 Å². The Kier molecular flexibility index (Phi) is 3.86. The predicted octanol–water partition coefficient (Wildman–Crippen LogP) is 1.04. The highest BCUT2D eigenvalue weighted by atomic mass is 79.9. The number of halogens is 1. The van der Waals surface area contributed by atoms with E-state index in [0.29, 0.717) is 30.6 Å². The molecule has 0 aliphatic carbocycles. The van der Waals surface area contributed by atoms with E-state index in [0.717, 1.165) is 4.47 Å². The molecule has 0 aromatic heterocycles. The molecule has 0 saturated carbocycles. The van der Waals surface area contributed by atoms with Crippen molar-refractivity contribution in [3.63, 3.8) is 0 Å². The predicted molar refractivity (Wildman–Crippen MR) is 72.1 cm³/mol. The molecular formula is C12H14BrN3O2. The van der Waals surface area contributed by atoms with Crippen LogP contribution in [0.25, 0.3) is 0 Å². The lowest BCUT2D eigenvalue weighted by atomic mass is 10.1. The average molecular weight is 312 g/mol. The van der Waals surface area contributed by atoms with Crippen molar-refractivity contribution in [1.82, 2.24) is 10.6 Å². The minimum absolute atomic E-state index is 0.0301. The second-order valence-corrected chi connectivity index (χ2v) is 5.16. The van der Waals surface area contributed by atoms with E-state index < -0.39 is 0 Å². The molecule has 0 bridgehead atoms. The molecule has 1 saturated heterocycles. The molecule has 18 heavy (non-hydrogen) atoms. The molecule has 1 aliphatic rings. The molecule has 96 valence electrons. The van der Waals surface area contributed by atoms with Crippen LogP contribution in [0.4, 0.5) is 5.69 Å². The first-order valence-electron chi connectivity index (χ1n) is 5.69. The van der Waals surface area contributed by atoms with Gasteiger partial charge in [-0.2, -0.15) is 0 Å². The van der Waals surface area contributed by atoms with Crippen LogP contribution in [-0.2, 0) is 4.79 Å². The van der Waals surface area contributed by atoms with E-state index in [4.69, 9.17) is 5.73 Å². The smallest absolute Gasteiger partial charge is 0.253 e. The van der Waals surface area contributed by atoms with E-state index in [-0.39, 0.29) is 17.9 Å². The lowest BCUT2D eigenvalue weighted by Gasteiger charge is -2.23. The maximum Gasteiger partial charge on any atom is 0.253 e. The summed E-state index contributed by atoms with van der Waals surface area (Å²) in [7, 11) is 0. The Hall–Kier alpha value is -1.56. The first-order valence-corrected chi connectivity index (χ1v) is 6.48. The lowest BCUT2D eigenvalue weighted by molar-refractivity contribution is -0.122. The average Bonchev–Trinajstić information content (AvgIpc) is 2.35. The number of carbonyl (C=O) groups is 2. The summed E-state index contributed by atoms with van der Waals surface area (Å²) in [6.07, 6.45) is 1.10. The van der Waals surface area contributed by atoms with Crippen molar-refractivity contribution in [2.24, 2.45) is 0 Å². The van der Waals surface area contributed by atoms with E-state index >= 15 is 0 Å². The van der Waals surface area contributed by atoms with Gasteiger partial charge in [0, 0.05) is 29.2 Å². The third kappa shape index (κ3) is 3.01. The van der Waals surface area contributed by atoms with Gasteiger partial charge in [0.1, 0.15) is 0 Å². The Morgan fingerprint density at radius 2 is 2.28 bits per heavy atom. The summed E-state index contributed by atoms with van der Waals surface area (Å²) in [5, 5.41) is 5.59. The molecular weight excluding hydrogens is 298 g/mol. The van der Waals surface area contributed by atoms with E-state index in [2.05, 4.69) is 26.6 Å². The fourth-order valence-electron chi connectivity index (χ4n) is 1.84. The monoisotopic (exact) mass is 311 g/mol. The highest BCUT2D eigenvalue weighted by Gasteiger charge is 2.21. The Labute approximate surface area is 113 Å². The Bertz CT molecular complexity index is 480. The number of nitrogens with one attached hydrogen (secondary N) is 2. The first-order chi connectivity index (χ1) is 8.56. The molecule has 1 atom stereocenters. The molecule has 5 nitrogen and oxygen atoms in total. The molecule has 0 spiro atoms. The second kappa shape index (κ2) is 5.39. The summed E-state index contributed by atoms with van der Waals surface area (Å²) in [5.74, 6) is -0.183. The molecule has 1 heterocycles. The van der Waals surface area contributed by atoms with Gasteiger partial charge in [0.15, 0.2) is 0 Å². The van der Waals surface area contributed by atoms with Gasteiger partial charge >= 0.3 is 0 Å². The van der Waals surface area contributed by atoms with Gasteiger partial charge in [-0.1, -0.05) is 15.9 Å². The summed E-state index contributed by atoms with van der Waals surface area (Å²) >= 11 is 3.31. The number of hydrogen-bond acceptors (Lipinski definition) is 3. The fourth-order valence-corrected chi connectivity index (χ4v) is 2.21. The lowest BCUT2D eigenvalue weighted by Crippen LogP contribution is -2.47. The van der Waals surface area contributed by atoms with Crippen LogP contribution in [0, 0.1) is 0 Å². The number of rotatable bonds is 2. The van der Waals surface area contributed by atoms with Crippen LogP contribution < -0.4 is 16.4 Å². The normalized spacial score (nSPS) is 19.2. The number of carbonyl (C=O) groups excluding carboxylic acids is 2. The fraction of sp³-hybridized carbons (Fsp3) is 0.333. The quantitative estimate of drug-likeness (QED) is 0.714. The van der Waals surface area contributed by atoms with Crippen molar-refractivity contribution in [2.75, 3.05) is 12.3 Å². The van der Waals surface area contributed by atoms with Gasteiger partial charge in [-0.25, -0.2) is 0 Å². The molecule has 0 radical (unpaired) electrons. The summed E-state index contributed by atoms with van der Waals surface area (Å²) < 4.78 is 0.804. The van der Waals surface area contributed by atoms with Gasteiger partial charge in [0.2, 0.25) is 5.91 Å². The van der Waals surface area contributed by atoms with Crippen LogP contribution in [0.3, 0.4) is 0 Å². The summed E-state index contributed by atoms with van der Waals surface area (Å²) in [6, 6.07) is 5.12. The molecule has 6 heteroatoms. The molecule has 1 fully saturated rings. The third-order valence-electron chi connectivity index (χ3n) is 2.86. The van der Waals surface area contributed by atoms with Crippen LogP contribution in [0.15, 0.2) is 22.7 Å². The van der Waals surface area contributed by atoms with E-state index in [1.807, 2.05) is 0 Å². The number of benzene rings is 1. The third-order valence-corrected chi connectivity index (χ3v) is 3.35. The molecule has 1 aromatic carbocycles. The number of piperidine rings is 1. The van der Waals surface area contributed by atoms with Gasteiger partial charge in [0.25, 0.3) is 5.91 Å². The number of nitrogen functional groups attached to an aromatic ring is 1. The largest absolute Gasteiger partial charge is 0.398 e. The zero-order valence-electron chi connectivity index (χ0n) is 9.70. The molecule has 1 unspecified atom stereocenters. The molecule has 1 aromatic rings. The maximum atomic E-state index is 12.0. The zero-order chi connectivity index (χ0) is 13.1.